The monoisotopic (exact) mass is 206 g/mol. The van der Waals surface area contributed by atoms with Gasteiger partial charge in [0.15, 0.2) is 5.75 Å². The second kappa shape index (κ2) is 4.16. The lowest BCUT2D eigenvalue weighted by atomic mass is 10.5. The van der Waals surface area contributed by atoms with E-state index < -0.39 is 0 Å². The topological polar surface area (TPSA) is 44.9 Å². The molecule has 2 heterocycles. The van der Waals surface area contributed by atoms with Crippen molar-refractivity contribution in [3.05, 3.63) is 30.4 Å². The van der Waals surface area contributed by atoms with Crippen LogP contribution < -0.4 is 4.74 Å². The zero-order chi connectivity index (χ0) is 10.7. The Morgan fingerprint density at radius 3 is 2.93 bits per heavy atom. The molecule has 0 N–H and O–H groups in total. The Balaban J connectivity index is 1.93. The summed E-state index contributed by atoms with van der Waals surface area (Å²) in [6, 6.07) is 1.93. The highest BCUT2D eigenvalue weighted by molar-refractivity contribution is 5.12. The van der Waals surface area contributed by atoms with Gasteiger partial charge in [-0.3, -0.25) is 9.36 Å². The Morgan fingerprint density at radius 2 is 2.33 bits per heavy atom. The summed E-state index contributed by atoms with van der Waals surface area (Å²) < 4.78 is 9.11. The summed E-state index contributed by atoms with van der Waals surface area (Å²) in [5, 5.41) is 8.34. The van der Waals surface area contributed by atoms with Gasteiger partial charge < -0.3 is 4.74 Å². The van der Waals surface area contributed by atoms with Gasteiger partial charge in [-0.25, -0.2) is 0 Å². The van der Waals surface area contributed by atoms with Gasteiger partial charge in [0, 0.05) is 19.8 Å². The molecule has 2 rings (SSSR count). The van der Waals surface area contributed by atoms with E-state index >= 15 is 0 Å². The molecule has 0 saturated carbocycles. The molecule has 0 amide bonds. The van der Waals surface area contributed by atoms with E-state index in [0.29, 0.717) is 6.61 Å². The summed E-state index contributed by atoms with van der Waals surface area (Å²) in [7, 11) is 1.89. The van der Waals surface area contributed by atoms with Gasteiger partial charge in [0.05, 0.1) is 18.1 Å². The highest BCUT2D eigenvalue weighted by atomic mass is 16.5. The van der Waals surface area contributed by atoms with E-state index in [-0.39, 0.29) is 0 Å². The van der Waals surface area contributed by atoms with Gasteiger partial charge >= 0.3 is 0 Å². The van der Waals surface area contributed by atoms with Crippen molar-refractivity contribution in [2.75, 3.05) is 0 Å². The van der Waals surface area contributed by atoms with Gasteiger partial charge in [-0.1, -0.05) is 0 Å². The molecule has 0 atom stereocenters. The summed E-state index contributed by atoms with van der Waals surface area (Å²) in [6.45, 7) is 3.37. The average Bonchev–Trinajstić information content (AvgIpc) is 2.83. The maximum Gasteiger partial charge on any atom is 0.157 e. The predicted molar refractivity (Wildman–Crippen MR) is 55.4 cm³/mol. The van der Waals surface area contributed by atoms with Crippen molar-refractivity contribution >= 4 is 0 Å². The maximum atomic E-state index is 5.53. The third-order valence-electron chi connectivity index (χ3n) is 2.09. The molecule has 80 valence electrons. The molecular formula is C10H14N4O. The van der Waals surface area contributed by atoms with Crippen LogP contribution in [0, 0.1) is 0 Å². The van der Waals surface area contributed by atoms with E-state index in [0.717, 1.165) is 18.0 Å². The molecule has 5 heteroatoms. The zero-order valence-electron chi connectivity index (χ0n) is 8.92. The second-order valence-electron chi connectivity index (χ2n) is 3.30. The van der Waals surface area contributed by atoms with Gasteiger partial charge in [0.2, 0.25) is 0 Å². The lowest BCUT2D eigenvalue weighted by Crippen LogP contribution is -1.97. The van der Waals surface area contributed by atoms with Crippen molar-refractivity contribution in [3.63, 3.8) is 0 Å². The van der Waals surface area contributed by atoms with Crippen molar-refractivity contribution in [2.24, 2.45) is 7.05 Å². The number of rotatable bonds is 4. The number of aryl methyl sites for hydroxylation is 2. The fourth-order valence-electron chi connectivity index (χ4n) is 1.29. The minimum atomic E-state index is 0.482. The van der Waals surface area contributed by atoms with Gasteiger partial charge in [-0.2, -0.15) is 10.2 Å². The van der Waals surface area contributed by atoms with E-state index in [1.54, 1.807) is 10.9 Å². The number of ether oxygens (including phenoxy) is 1. The molecule has 0 aliphatic rings. The van der Waals surface area contributed by atoms with E-state index in [9.17, 15) is 0 Å². The van der Waals surface area contributed by atoms with E-state index in [1.165, 1.54) is 0 Å². The Hall–Kier alpha value is -1.78. The standard InChI is InChI=1S/C10H14N4O/c1-3-14-7-10(6-11-14)15-8-9-4-5-13(2)12-9/h4-7H,3,8H2,1-2H3. The van der Waals surface area contributed by atoms with Crippen LogP contribution in [-0.2, 0) is 20.2 Å². The van der Waals surface area contributed by atoms with Gasteiger partial charge in [0.1, 0.15) is 6.61 Å². The first-order valence-electron chi connectivity index (χ1n) is 4.91. The lowest BCUT2D eigenvalue weighted by molar-refractivity contribution is 0.299. The van der Waals surface area contributed by atoms with Crippen LogP contribution >= 0.6 is 0 Å². The quantitative estimate of drug-likeness (QED) is 0.755. The van der Waals surface area contributed by atoms with Crippen LogP contribution in [0.3, 0.4) is 0 Å². The van der Waals surface area contributed by atoms with Crippen LogP contribution in [0.2, 0.25) is 0 Å². The first-order valence-corrected chi connectivity index (χ1v) is 4.91. The van der Waals surface area contributed by atoms with Crippen LogP contribution in [0.25, 0.3) is 0 Å². The van der Waals surface area contributed by atoms with Crippen molar-refractivity contribution in [3.8, 4) is 5.75 Å². The van der Waals surface area contributed by atoms with Gasteiger partial charge in [-0.15, -0.1) is 0 Å². The first-order chi connectivity index (χ1) is 7.28. The summed E-state index contributed by atoms with van der Waals surface area (Å²) >= 11 is 0. The minimum absolute atomic E-state index is 0.482. The summed E-state index contributed by atoms with van der Waals surface area (Å²) in [5.41, 5.74) is 0.918. The molecule has 0 saturated heterocycles. The molecule has 5 nitrogen and oxygen atoms in total. The van der Waals surface area contributed by atoms with Crippen LogP contribution in [0.4, 0.5) is 0 Å². The molecule has 0 bridgehead atoms. The molecule has 0 aliphatic carbocycles. The Kier molecular flexibility index (Phi) is 2.71. The average molecular weight is 206 g/mol. The molecular weight excluding hydrogens is 192 g/mol. The summed E-state index contributed by atoms with van der Waals surface area (Å²) in [6.07, 6.45) is 5.49. The molecule has 2 aromatic heterocycles. The molecule has 0 spiro atoms. The number of aromatic nitrogens is 4. The molecule has 2 aromatic rings. The maximum absolute atomic E-state index is 5.53. The van der Waals surface area contributed by atoms with E-state index in [2.05, 4.69) is 10.2 Å². The SMILES string of the molecule is CCn1cc(OCc2ccn(C)n2)cn1. The summed E-state index contributed by atoms with van der Waals surface area (Å²) in [4.78, 5) is 0. The highest BCUT2D eigenvalue weighted by Gasteiger charge is 2.00. The third kappa shape index (κ3) is 2.37. The number of nitrogens with zero attached hydrogens (tertiary/aromatic N) is 4. The Morgan fingerprint density at radius 1 is 1.47 bits per heavy atom. The Labute approximate surface area is 88.3 Å². The van der Waals surface area contributed by atoms with Gasteiger partial charge in [0.25, 0.3) is 0 Å². The third-order valence-corrected chi connectivity index (χ3v) is 2.09. The largest absolute Gasteiger partial charge is 0.484 e. The molecule has 15 heavy (non-hydrogen) atoms. The van der Waals surface area contributed by atoms with Crippen molar-refractivity contribution in [2.45, 2.75) is 20.1 Å². The second-order valence-corrected chi connectivity index (χ2v) is 3.30. The highest BCUT2D eigenvalue weighted by Crippen LogP contribution is 2.10. The smallest absolute Gasteiger partial charge is 0.157 e. The first kappa shape index (κ1) is 9.76. The van der Waals surface area contributed by atoms with Crippen LogP contribution in [0.5, 0.6) is 5.75 Å². The van der Waals surface area contributed by atoms with Crippen LogP contribution in [0.1, 0.15) is 12.6 Å². The normalized spacial score (nSPS) is 10.5. The molecule has 0 radical (unpaired) electrons. The van der Waals surface area contributed by atoms with Gasteiger partial charge in [-0.05, 0) is 13.0 Å². The van der Waals surface area contributed by atoms with Crippen LogP contribution in [-0.4, -0.2) is 19.6 Å². The molecule has 0 unspecified atom stereocenters. The predicted octanol–water partition coefficient (Wildman–Crippen LogP) is 1.22. The van der Waals surface area contributed by atoms with Crippen LogP contribution in [0.15, 0.2) is 24.7 Å². The van der Waals surface area contributed by atoms with E-state index in [1.807, 2.05) is 37.1 Å². The summed E-state index contributed by atoms with van der Waals surface area (Å²) in [5.74, 6) is 0.780. The Bertz CT molecular complexity index is 432. The van der Waals surface area contributed by atoms with Crippen molar-refractivity contribution < 1.29 is 4.74 Å². The zero-order valence-corrected chi connectivity index (χ0v) is 8.92. The molecule has 0 fully saturated rings. The van der Waals surface area contributed by atoms with E-state index in [4.69, 9.17) is 4.74 Å². The fourth-order valence-corrected chi connectivity index (χ4v) is 1.29. The van der Waals surface area contributed by atoms with Crippen molar-refractivity contribution in [1.29, 1.82) is 0 Å². The lowest BCUT2D eigenvalue weighted by Gasteiger charge is -1.99. The minimum Gasteiger partial charge on any atom is -0.484 e. The molecule has 0 aliphatic heterocycles. The number of hydrogen-bond donors (Lipinski definition) is 0. The fraction of sp³-hybridized carbons (Fsp3) is 0.400. The number of hydrogen-bond acceptors (Lipinski definition) is 3. The molecule has 0 aromatic carbocycles. The van der Waals surface area contributed by atoms with Crippen molar-refractivity contribution in [1.82, 2.24) is 19.6 Å².